The number of ether oxygens (including phenoxy) is 1. The van der Waals surface area contributed by atoms with Crippen LogP contribution in [0.3, 0.4) is 0 Å². The highest BCUT2D eigenvalue weighted by Crippen LogP contribution is 2.25. The van der Waals surface area contributed by atoms with Gasteiger partial charge in [0.05, 0.1) is 12.8 Å². The quantitative estimate of drug-likeness (QED) is 0.753. The number of anilines is 1. The lowest BCUT2D eigenvalue weighted by Gasteiger charge is -2.21. The zero-order valence-corrected chi connectivity index (χ0v) is 16.8. The van der Waals surface area contributed by atoms with Gasteiger partial charge in [-0.15, -0.1) is 12.4 Å². The molecule has 1 aromatic carbocycles. The van der Waals surface area contributed by atoms with Gasteiger partial charge in [-0.25, -0.2) is 0 Å². The Hall–Kier alpha value is -2.05. The Morgan fingerprint density at radius 1 is 1.26 bits per heavy atom. The minimum Gasteiger partial charge on any atom is -0.493 e. The van der Waals surface area contributed by atoms with E-state index in [0.29, 0.717) is 5.92 Å². The lowest BCUT2D eigenvalue weighted by atomic mass is 9.90. The van der Waals surface area contributed by atoms with E-state index in [1.807, 2.05) is 37.5 Å². The second kappa shape index (κ2) is 10.3. The minimum absolute atomic E-state index is 0. The SMILES string of the molecule is CNC(C(=O)Nc1ccc(OCC2CCCCC2)cc1)c1cnn(C)c1.Cl. The van der Waals surface area contributed by atoms with Crippen LogP contribution in [0.2, 0.25) is 0 Å². The van der Waals surface area contributed by atoms with Crippen molar-refractivity contribution in [1.29, 1.82) is 0 Å². The number of hydrogen-bond donors (Lipinski definition) is 2. The summed E-state index contributed by atoms with van der Waals surface area (Å²) in [6.45, 7) is 0.786. The first-order chi connectivity index (χ1) is 12.7. The second-order valence-electron chi connectivity index (χ2n) is 7.00. The standard InChI is InChI=1S/C20H28N4O2.ClH/c1-21-19(16-12-22-24(2)13-16)20(25)23-17-8-10-18(11-9-17)26-14-15-6-4-3-5-7-15;/h8-13,15,19,21H,3-7,14H2,1-2H3,(H,23,25);1H. The predicted octanol–water partition coefficient (Wildman–Crippen LogP) is 3.70. The van der Waals surface area contributed by atoms with Crippen molar-refractivity contribution >= 4 is 24.0 Å². The highest BCUT2D eigenvalue weighted by atomic mass is 35.5. The minimum atomic E-state index is -0.439. The molecular formula is C20H29ClN4O2. The normalized spacial score (nSPS) is 15.6. The van der Waals surface area contributed by atoms with E-state index >= 15 is 0 Å². The lowest BCUT2D eigenvalue weighted by Crippen LogP contribution is -2.30. The third-order valence-electron chi connectivity index (χ3n) is 4.94. The van der Waals surface area contributed by atoms with Crippen LogP contribution in [0.1, 0.15) is 43.7 Å². The van der Waals surface area contributed by atoms with Crippen LogP contribution in [0, 0.1) is 5.92 Å². The van der Waals surface area contributed by atoms with Crippen LogP contribution in [0.25, 0.3) is 0 Å². The molecule has 2 N–H and O–H groups in total. The van der Waals surface area contributed by atoms with Gasteiger partial charge in [0.25, 0.3) is 0 Å². The fourth-order valence-corrected chi connectivity index (χ4v) is 3.46. The maximum atomic E-state index is 12.5. The molecule has 6 nitrogen and oxygen atoms in total. The van der Waals surface area contributed by atoms with Crippen LogP contribution in [0.15, 0.2) is 36.7 Å². The van der Waals surface area contributed by atoms with E-state index in [4.69, 9.17) is 4.74 Å². The number of aryl methyl sites for hydroxylation is 1. The number of likely N-dealkylation sites (N-methyl/N-ethyl adjacent to an activating group) is 1. The van der Waals surface area contributed by atoms with Gasteiger partial charge in [-0.1, -0.05) is 19.3 Å². The number of aromatic nitrogens is 2. The number of benzene rings is 1. The highest BCUT2D eigenvalue weighted by molar-refractivity contribution is 5.95. The maximum absolute atomic E-state index is 12.5. The van der Waals surface area contributed by atoms with E-state index in [9.17, 15) is 4.79 Å². The van der Waals surface area contributed by atoms with Crippen molar-refractivity contribution in [3.05, 3.63) is 42.2 Å². The topological polar surface area (TPSA) is 68.2 Å². The molecule has 3 rings (SSSR count). The Bertz CT molecular complexity index is 711. The molecule has 1 heterocycles. The smallest absolute Gasteiger partial charge is 0.246 e. The fraction of sp³-hybridized carbons (Fsp3) is 0.500. The largest absolute Gasteiger partial charge is 0.493 e. The van der Waals surface area contributed by atoms with Crippen molar-refractivity contribution < 1.29 is 9.53 Å². The molecule has 0 bridgehead atoms. The zero-order chi connectivity index (χ0) is 18.4. The van der Waals surface area contributed by atoms with E-state index in [0.717, 1.165) is 23.6 Å². The number of carbonyl (C=O) groups is 1. The van der Waals surface area contributed by atoms with E-state index in [1.54, 1.807) is 17.9 Å². The highest BCUT2D eigenvalue weighted by Gasteiger charge is 2.20. The van der Waals surface area contributed by atoms with Gasteiger partial charge in [0, 0.05) is 24.5 Å². The molecule has 148 valence electrons. The Morgan fingerprint density at radius 2 is 1.96 bits per heavy atom. The van der Waals surface area contributed by atoms with E-state index in [-0.39, 0.29) is 18.3 Å². The van der Waals surface area contributed by atoms with Crippen LogP contribution in [0.4, 0.5) is 5.69 Å². The number of halogens is 1. The average Bonchev–Trinajstić information content (AvgIpc) is 3.08. The molecule has 0 spiro atoms. The summed E-state index contributed by atoms with van der Waals surface area (Å²) in [6.07, 6.45) is 10.1. The Morgan fingerprint density at radius 3 is 2.56 bits per heavy atom. The number of carbonyl (C=O) groups excluding carboxylic acids is 1. The Kier molecular flexibility index (Phi) is 8.13. The summed E-state index contributed by atoms with van der Waals surface area (Å²) >= 11 is 0. The van der Waals surface area contributed by atoms with Gasteiger partial charge in [0.15, 0.2) is 0 Å². The molecule has 1 amide bonds. The molecule has 0 aliphatic heterocycles. The predicted molar refractivity (Wildman–Crippen MR) is 109 cm³/mol. The molecule has 7 heteroatoms. The molecule has 1 saturated carbocycles. The Labute approximate surface area is 167 Å². The lowest BCUT2D eigenvalue weighted by molar-refractivity contribution is -0.118. The first kappa shape index (κ1) is 21.3. The van der Waals surface area contributed by atoms with E-state index < -0.39 is 6.04 Å². The fourth-order valence-electron chi connectivity index (χ4n) is 3.46. The first-order valence-corrected chi connectivity index (χ1v) is 9.35. The molecule has 1 unspecified atom stereocenters. The summed E-state index contributed by atoms with van der Waals surface area (Å²) in [5.74, 6) is 1.42. The monoisotopic (exact) mass is 392 g/mol. The summed E-state index contributed by atoms with van der Waals surface area (Å²) in [4.78, 5) is 12.5. The van der Waals surface area contributed by atoms with Crippen molar-refractivity contribution in [2.24, 2.45) is 13.0 Å². The van der Waals surface area contributed by atoms with E-state index in [2.05, 4.69) is 15.7 Å². The van der Waals surface area contributed by atoms with Gasteiger partial charge in [-0.2, -0.15) is 5.10 Å². The van der Waals surface area contributed by atoms with Crippen LogP contribution in [-0.4, -0.2) is 29.3 Å². The number of nitrogens with zero attached hydrogens (tertiary/aromatic N) is 2. The maximum Gasteiger partial charge on any atom is 0.246 e. The van der Waals surface area contributed by atoms with Crippen molar-refractivity contribution in [1.82, 2.24) is 15.1 Å². The van der Waals surface area contributed by atoms with Gasteiger partial charge in [0.1, 0.15) is 11.8 Å². The summed E-state index contributed by atoms with van der Waals surface area (Å²) in [6, 6.07) is 7.15. The molecule has 0 radical (unpaired) electrons. The third-order valence-corrected chi connectivity index (χ3v) is 4.94. The van der Waals surface area contributed by atoms with Crippen molar-refractivity contribution in [3.63, 3.8) is 0 Å². The van der Waals surface area contributed by atoms with Crippen molar-refractivity contribution in [2.45, 2.75) is 38.1 Å². The Balaban J connectivity index is 0.00000261. The summed E-state index contributed by atoms with van der Waals surface area (Å²) < 4.78 is 7.60. The van der Waals surface area contributed by atoms with Gasteiger partial charge in [-0.3, -0.25) is 9.48 Å². The molecule has 1 aliphatic carbocycles. The molecule has 1 fully saturated rings. The van der Waals surface area contributed by atoms with Crippen LogP contribution < -0.4 is 15.4 Å². The van der Waals surface area contributed by atoms with Crippen LogP contribution in [-0.2, 0) is 11.8 Å². The number of amides is 1. The summed E-state index contributed by atoms with van der Waals surface area (Å²) in [5.41, 5.74) is 1.59. The van der Waals surface area contributed by atoms with Crippen LogP contribution >= 0.6 is 12.4 Å². The van der Waals surface area contributed by atoms with E-state index in [1.165, 1.54) is 32.1 Å². The van der Waals surface area contributed by atoms with Crippen LogP contribution in [0.5, 0.6) is 5.75 Å². The second-order valence-corrected chi connectivity index (χ2v) is 7.00. The summed E-state index contributed by atoms with van der Waals surface area (Å²) in [7, 11) is 3.60. The summed E-state index contributed by atoms with van der Waals surface area (Å²) in [5, 5.41) is 10.1. The molecule has 27 heavy (non-hydrogen) atoms. The number of hydrogen-bond acceptors (Lipinski definition) is 4. The molecule has 0 saturated heterocycles. The van der Waals surface area contributed by atoms with Gasteiger partial charge < -0.3 is 15.4 Å². The molecule has 1 aromatic heterocycles. The van der Waals surface area contributed by atoms with Gasteiger partial charge in [0.2, 0.25) is 5.91 Å². The third kappa shape index (κ3) is 5.97. The van der Waals surface area contributed by atoms with Gasteiger partial charge in [-0.05, 0) is 50.1 Å². The molecule has 1 atom stereocenters. The molecule has 1 aliphatic rings. The molecular weight excluding hydrogens is 364 g/mol. The van der Waals surface area contributed by atoms with Crippen molar-refractivity contribution in [2.75, 3.05) is 19.0 Å². The average molecular weight is 393 g/mol. The van der Waals surface area contributed by atoms with Gasteiger partial charge >= 0.3 is 0 Å². The number of nitrogens with one attached hydrogen (secondary N) is 2. The first-order valence-electron chi connectivity index (χ1n) is 9.35. The molecule has 2 aromatic rings. The number of rotatable bonds is 7. The van der Waals surface area contributed by atoms with Crippen molar-refractivity contribution in [3.8, 4) is 5.75 Å². The zero-order valence-electron chi connectivity index (χ0n) is 16.0.